The summed E-state index contributed by atoms with van der Waals surface area (Å²) in [6.07, 6.45) is 0. The van der Waals surface area contributed by atoms with Gasteiger partial charge in [0, 0.05) is 11.1 Å². The minimum atomic E-state index is -0.666. The van der Waals surface area contributed by atoms with Crippen LogP contribution in [0.2, 0.25) is 0 Å². The van der Waals surface area contributed by atoms with Gasteiger partial charge in [-0.05, 0) is 45.0 Å². The largest absolute Gasteiger partial charge is 0.459 e. The SMILES string of the molecule is Cc1ccc(N2C(=O)N(CC(=O)N[C@H](C)c3cc4ccccc4o3)C(=O)[C@H]2C)cc1. The summed E-state index contributed by atoms with van der Waals surface area (Å²) in [5.74, 6) is -0.215. The Balaban J connectivity index is 1.45. The van der Waals surface area contributed by atoms with E-state index < -0.39 is 29.9 Å². The molecule has 0 bridgehead atoms. The van der Waals surface area contributed by atoms with Crippen molar-refractivity contribution in [3.05, 3.63) is 65.9 Å². The maximum atomic E-state index is 12.9. The number of carbonyl (C=O) groups is 3. The molecule has 1 N–H and O–H groups in total. The molecule has 3 aromatic rings. The van der Waals surface area contributed by atoms with Gasteiger partial charge in [0.15, 0.2) is 0 Å². The van der Waals surface area contributed by atoms with Crippen molar-refractivity contribution in [2.24, 2.45) is 0 Å². The van der Waals surface area contributed by atoms with E-state index in [4.69, 9.17) is 4.42 Å². The highest BCUT2D eigenvalue weighted by atomic mass is 16.3. The van der Waals surface area contributed by atoms with Crippen LogP contribution in [-0.4, -0.2) is 35.3 Å². The molecule has 7 heteroatoms. The number of imide groups is 1. The number of hydrogen-bond donors (Lipinski definition) is 1. The van der Waals surface area contributed by atoms with Gasteiger partial charge in [0.1, 0.15) is 23.9 Å². The van der Waals surface area contributed by atoms with Gasteiger partial charge in [-0.3, -0.25) is 19.4 Å². The number of rotatable bonds is 5. The van der Waals surface area contributed by atoms with E-state index in [-0.39, 0.29) is 6.54 Å². The van der Waals surface area contributed by atoms with Gasteiger partial charge in [0.05, 0.1) is 6.04 Å². The van der Waals surface area contributed by atoms with Gasteiger partial charge in [-0.1, -0.05) is 35.9 Å². The van der Waals surface area contributed by atoms with E-state index in [2.05, 4.69) is 5.32 Å². The first kappa shape index (κ1) is 19.7. The number of para-hydroxylation sites is 1. The van der Waals surface area contributed by atoms with Crippen LogP contribution in [0.1, 0.15) is 31.2 Å². The molecule has 2 atom stereocenters. The predicted molar refractivity (Wildman–Crippen MR) is 113 cm³/mol. The highest BCUT2D eigenvalue weighted by molar-refractivity contribution is 6.15. The fraction of sp³-hybridized carbons (Fsp3) is 0.261. The minimum Gasteiger partial charge on any atom is -0.459 e. The Morgan fingerprint density at radius 2 is 1.83 bits per heavy atom. The zero-order chi connectivity index (χ0) is 21.4. The summed E-state index contributed by atoms with van der Waals surface area (Å²) in [6.45, 7) is 5.07. The molecule has 1 saturated heterocycles. The smallest absolute Gasteiger partial charge is 0.332 e. The topological polar surface area (TPSA) is 82.9 Å². The third-order valence-electron chi connectivity index (χ3n) is 5.31. The Hall–Kier alpha value is -3.61. The molecule has 4 rings (SSSR count). The van der Waals surface area contributed by atoms with Crippen LogP contribution in [-0.2, 0) is 9.59 Å². The first-order valence-corrected chi connectivity index (χ1v) is 9.84. The molecule has 1 aromatic heterocycles. The van der Waals surface area contributed by atoms with Crippen molar-refractivity contribution >= 4 is 34.5 Å². The van der Waals surface area contributed by atoms with E-state index >= 15 is 0 Å². The van der Waals surface area contributed by atoms with Crippen LogP contribution >= 0.6 is 0 Å². The molecule has 1 aliphatic rings. The second-order valence-electron chi connectivity index (χ2n) is 7.56. The van der Waals surface area contributed by atoms with Crippen molar-refractivity contribution in [3.63, 3.8) is 0 Å². The molecule has 7 nitrogen and oxygen atoms in total. The van der Waals surface area contributed by atoms with Crippen LogP contribution < -0.4 is 10.2 Å². The zero-order valence-corrected chi connectivity index (χ0v) is 17.1. The molecule has 2 aromatic carbocycles. The number of amides is 4. The quantitative estimate of drug-likeness (QED) is 0.655. The molecule has 0 radical (unpaired) electrons. The number of aryl methyl sites for hydroxylation is 1. The maximum absolute atomic E-state index is 12.9. The van der Waals surface area contributed by atoms with Gasteiger partial charge in [0.2, 0.25) is 5.91 Å². The first-order valence-electron chi connectivity index (χ1n) is 9.84. The highest BCUT2D eigenvalue weighted by Crippen LogP contribution is 2.26. The Labute approximate surface area is 174 Å². The fourth-order valence-electron chi connectivity index (χ4n) is 3.63. The second-order valence-corrected chi connectivity index (χ2v) is 7.56. The monoisotopic (exact) mass is 405 g/mol. The van der Waals surface area contributed by atoms with Crippen LogP contribution in [0.3, 0.4) is 0 Å². The number of carbonyl (C=O) groups excluding carboxylic acids is 3. The molecule has 0 saturated carbocycles. The lowest BCUT2D eigenvalue weighted by Crippen LogP contribution is -2.42. The van der Waals surface area contributed by atoms with Crippen LogP contribution in [0.4, 0.5) is 10.5 Å². The minimum absolute atomic E-state index is 0.338. The van der Waals surface area contributed by atoms with Gasteiger partial charge < -0.3 is 9.73 Å². The van der Waals surface area contributed by atoms with E-state index in [0.717, 1.165) is 21.4 Å². The lowest BCUT2D eigenvalue weighted by atomic mass is 10.2. The number of nitrogens with one attached hydrogen (secondary N) is 1. The number of fused-ring (bicyclic) bond motifs is 1. The summed E-state index contributed by atoms with van der Waals surface area (Å²) in [5, 5.41) is 3.75. The number of nitrogens with zero attached hydrogens (tertiary/aromatic N) is 2. The standard InChI is InChI=1S/C23H23N3O4/c1-14-8-10-18(11-9-14)26-16(3)22(28)25(23(26)29)13-21(27)24-15(2)20-12-17-6-4-5-7-19(17)30-20/h4-12,15-16H,13H2,1-3H3,(H,24,27)/t15-,16-/m1/s1. The molecule has 0 aliphatic carbocycles. The van der Waals surface area contributed by atoms with Crippen molar-refractivity contribution in [3.8, 4) is 0 Å². The summed E-state index contributed by atoms with van der Waals surface area (Å²) in [7, 11) is 0. The third kappa shape index (κ3) is 3.54. The van der Waals surface area contributed by atoms with E-state index in [1.807, 2.05) is 49.4 Å². The predicted octanol–water partition coefficient (Wildman–Crippen LogP) is 3.78. The summed E-state index contributed by atoms with van der Waals surface area (Å²) >= 11 is 0. The van der Waals surface area contributed by atoms with Gasteiger partial charge in [-0.2, -0.15) is 0 Å². The van der Waals surface area contributed by atoms with E-state index in [0.29, 0.717) is 11.4 Å². The average Bonchev–Trinajstić information content (AvgIpc) is 3.24. The van der Waals surface area contributed by atoms with Crippen molar-refractivity contribution in [2.75, 3.05) is 11.4 Å². The molecule has 1 aliphatic heterocycles. The van der Waals surface area contributed by atoms with Crippen molar-refractivity contribution in [1.29, 1.82) is 0 Å². The normalized spacial score (nSPS) is 17.6. The van der Waals surface area contributed by atoms with E-state index in [9.17, 15) is 14.4 Å². The number of furan rings is 1. The summed E-state index contributed by atoms with van der Waals surface area (Å²) in [4.78, 5) is 40.5. The van der Waals surface area contributed by atoms with Crippen LogP contribution in [0, 0.1) is 6.92 Å². The molecule has 1 fully saturated rings. The van der Waals surface area contributed by atoms with Crippen LogP contribution in [0.15, 0.2) is 59.0 Å². The Morgan fingerprint density at radius 3 is 2.53 bits per heavy atom. The Morgan fingerprint density at radius 1 is 1.13 bits per heavy atom. The Kier molecular flexibility index (Phi) is 5.03. The van der Waals surface area contributed by atoms with Gasteiger partial charge in [-0.25, -0.2) is 4.79 Å². The summed E-state index contributed by atoms with van der Waals surface area (Å²) < 4.78 is 5.77. The van der Waals surface area contributed by atoms with Gasteiger partial charge in [0.25, 0.3) is 5.91 Å². The Bertz CT molecular complexity index is 1090. The fourth-order valence-corrected chi connectivity index (χ4v) is 3.63. The molecule has 154 valence electrons. The third-order valence-corrected chi connectivity index (χ3v) is 5.31. The van der Waals surface area contributed by atoms with Crippen molar-refractivity contribution in [2.45, 2.75) is 32.9 Å². The van der Waals surface area contributed by atoms with Crippen LogP contribution in [0.25, 0.3) is 11.0 Å². The van der Waals surface area contributed by atoms with E-state index in [1.165, 1.54) is 4.90 Å². The summed E-state index contributed by atoms with van der Waals surface area (Å²) in [6, 6.07) is 15.2. The molecular formula is C23H23N3O4. The molecular weight excluding hydrogens is 382 g/mol. The number of benzene rings is 2. The van der Waals surface area contributed by atoms with Crippen LogP contribution in [0.5, 0.6) is 0 Å². The summed E-state index contributed by atoms with van der Waals surface area (Å²) in [5.41, 5.74) is 2.42. The molecule has 30 heavy (non-hydrogen) atoms. The first-order chi connectivity index (χ1) is 14.3. The lowest BCUT2D eigenvalue weighted by molar-refractivity contribution is -0.132. The molecule has 0 unspecified atom stereocenters. The zero-order valence-electron chi connectivity index (χ0n) is 17.1. The van der Waals surface area contributed by atoms with E-state index in [1.54, 1.807) is 26.0 Å². The second kappa shape index (κ2) is 7.67. The lowest BCUT2D eigenvalue weighted by Gasteiger charge is -2.19. The number of hydrogen-bond acceptors (Lipinski definition) is 4. The van der Waals surface area contributed by atoms with Gasteiger partial charge in [-0.15, -0.1) is 0 Å². The maximum Gasteiger partial charge on any atom is 0.332 e. The molecule has 4 amide bonds. The average molecular weight is 405 g/mol. The van der Waals surface area contributed by atoms with Crippen molar-refractivity contribution < 1.29 is 18.8 Å². The molecule has 0 spiro atoms. The number of anilines is 1. The molecule has 2 heterocycles. The van der Waals surface area contributed by atoms with Crippen molar-refractivity contribution in [1.82, 2.24) is 10.2 Å². The number of urea groups is 1. The van der Waals surface area contributed by atoms with Gasteiger partial charge >= 0.3 is 6.03 Å². The highest BCUT2D eigenvalue weighted by Gasteiger charge is 2.44.